The average molecular weight is 307 g/mol. The summed E-state index contributed by atoms with van der Waals surface area (Å²) in [4.78, 5) is 6.39. The van der Waals surface area contributed by atoms with Gasteiger partial charge in [-0.05, 0) is 37.6 Å². The van der Waals surface area contributed by atoms with Crippen LogP contribution in [0.3, 0.4) is 0 Å². The molecule has 0 bridgehead atoms. The highest BCUT2D eigenvalue weighted by molar-refractivity contribution is 7.89. The number of hydrogen-bond acceptors (Lipinski definition) is 5. The highest BCUT2D eigenvalue weighted by Gasteiger charge is 2.32. The molecule has 0 saturated carbocycles. The fourth-order valence-electron chi connectivity index (χ4n) is 2.79. The summed E-state index contributed by atoms with van der Waals surface area (Å²) in [6, 6.07) is 6.58. The summed E-state index contributed by atoms with van der Waals surface area (Å²) in [7, 11) is -3.80. The van der Waals surface area contributed by atoms with Crippen molar-refractivity contribution in [3.05, 3.63) is 30.5 Å². The maximum Gasteiger partial charge on any atom is 0.238 e. The molecule has 3 N–H and O–H groups in total. The molecule has 6 nitrogen and oxygen atoms in total. The van der Waals surface area contributed by atoms with Gasteiger partial charge in [-0.1, -0.05) is 0 Å². The van der Waals surface area contributed by atoms with E-state index in [1.165, 1.54) is 6.07 Å². The summed E-state index contributed by atoms with van der Waals surface area (Å²) in [5.74, 6) is 0. The van der Waals surface area contributed by atoms with Gasteiger partial charge in [-0.2, -0.15) is 0 Å². The Morgan fingerprint density at radius 2 is 2.14 bits per heavy atom. The lowest BCUT2D eigenvalue weighted by molar-refractivity contribution is 0.0839. The standard InChI is InChI=1S/C14H17N3O3S/c1-14(18)6-8-17(9-14)11-4-5-12(21(15,19)20)10-3-2-7-16-13(10)11/h2-5,7,18H,6,8-9H2,1H3,(H2,15,19,20). The third-order valence-electron chi connectivity index (χ3n) is 3.81. The van der Waals surface area contributed by atoms with E-state index in [1.807, 2.05) is 4.90 Å². The maximum atomic E-state index is 11.7. The van der Waals surface area contributed by atoms with Crippen LogP contribution in [0.4, 0.5) is 5.69 Å². The van der Waals surface area contributed by atoms with Crippen LogP contribution in [-0.2, 0) is 10.0 Å². The summed E-state index contributed by atoms with van der Waals surface area (Å²) in [5, 5.41) is 15.9. The van der Waals surface area contributed by atoms with Crippen LogP contribution in [0.1, 0.15) is 13.3 Å². The Morgan fingerprint density at radius 1 is 1.38 bits per heavy atom. The van der Waals surface area contributed by atoms with E-state index in [2.05, 4.69) is 4.98 Å². The maximum absolute atomic E-state index is 11.7. The minimum atomic E-state index is -3.80. The number of nitrogens with two attached hydrogens (primary N) is 1. The Labute approximate surface area is 123 Å². The second-order valence-electron chi connectivity index (χ2n) is 5.70. The minimum absolute atomic E-state index is 0.0697. The zero-order chi connectivity index (χ0) is 15.3. The Bertz CT molecular complexity index is 802. The molecule has 1 unspecified atom stereocenters. The van der Waals surface area contributed by atoms with Crippen LogP contribution < -0.4 is 10.0 Å². The largest absolute Gasteiger partial charge is 0.388 e. The molecule has 21 heavy (non-hydrogen) atoms. The summed E-state index contributed by atoms with van der Waals surface area (Å²) in [6.45, 7) is 2.99. The SMILES string of the molecule is CC1(O)CCN(c2ccc(S(N)(=O)=O)c3cccnc23)C1. The molecule has 1 aromatic carbocycles. The van der Waals surface area contributed by atoms with Gasteiger partial charge in [0.15, 0.2) is 0 Å². The number of nitrogens with zero attached hydrogens (tertiary/aromatic N) is 2. The zero-order valence-electron chi connectivity index (χ0n) is 11.7. The number of sulfonamides is 1. The highest BCUT2D eigenvalue weighted by Crippen LogP contribution is 2.33. The van der Waals surface area contributed by atoms with E-state index in [-0.39, 0.29) is 4.90 Å². The predicted octanol–water partition coefficient (Wildman–Crippen LogP) is 0.843. The van der Waals surface area contributed by atoms with Crippen molar-refractivity contribution in [1.29, 1.82) is 0 Å². The van der Waals surface area contributed by atoms with Gasteiger partial charge in [0, 0.05) is 24.7 Å². The minimum Gasteiger partial charge on any atom is -0.388 e. The Kier molecular flexibility index (Phi) is 3.16. The molecular weight excluding hydrogens is 290 g/mol. The van der Waals surface area contributed by atoms with E-state index in [0.717, 1.165) is 5.69 Å². The van der Waals surface area contributed by atoms with Crippen LogP contribution >= 0.6 is 0 Å². The fourth-order valence-corrected chi connectivity index (χ4v) is 3.51. The van der Waals surface area contributed by atoms with Crippen molar-refractivity contribution in [1.82, 2.24) is 4.98 Å². The summed E-state index contributed by atoms with van der Waals surface area (Å²) in [5.41, 5.74) is 0.664. The number of pyridine rings is 1. The predicted molar refractivity (Wildman–Crippen MR) is 80.6 cm³/mol. The van der Waals surface area contributed by atoms with Crippen molar-refractivity contribution in [3.63, 3.8) is 0 Å². The number of hydrogen-bond donors (Lipinski definition) is 2. The number of aromatic nitrogens is 1. The van der Waals surface area contributed by atoms with Gasteiger partial charge in [-0.15, -0.1) is 0 Å². The van der Waals surface area contributed by atoms with Gasteiger partial charge in [0.2, 0.25) is 10.0 Å². The van der Waals surface area contributed by atoms with E-state index in [1.54, 1.807) is 31.3 Å². The van der Waals surface area contributed by atoms with Gasteiger partial charge < -0.3 is 10.0 Å². The third-order valence-corrected chi connectivity index (χ3v) is 4.78. The van der Waals surface area contributed by atoms with Crippen molar-refractivity contribution >= 4 is 26.6 Å². The Morgan fingerprint density at radius 3 is 2.76 bits per heavy atom. The zero-order valence-corrected chi connectivity index (χ0v) is 12.5. The second-order valence-corrected chi connectivity index (χ2v) is 7.23. The van der Waals surface area contributed by atoms with E-state index in [0.29, 0.717) is 30.4 Å². The van der Waals surface area contributed by atoms with Crippen molar-refractivity contribution in [2.45, 2.75) is 23.8 Å². The van der Waals surface area contributed by atoms with Crippen molar-refractivity contribution < 1.29 is 13.5 Å². The molecule has 7 heteroatoms. The number of β-amino-alcohol motifs (C(OH)–C–C–N with tert-alkyl or cyclic N) is 1. The van der Waals surface area contributed by atoms with Gasteiger partial charge in [0.25, 0.3) is 0 Å². The molecule has 0 aliphatic carbocycles. The van der Waals surface area contributed by atoms with Crippen LogP contribution in [0.2, 0.25) is 0 Å². The normalized spacial score (nSPS) is 22.9. The number of primary sulfonamides is 1. The van der Waals surface area contributed by atoms with E-state index >= 15 is 0 Å². The number of anilines is 1. The smallest absolute Gasteiger partial charge is 0.238 e. The molecule has 2 heterocycles. The van der Waals surface area contributed by atoms with Crippen LogP contribution in [0.25, 0.3) is 10.9 Å². The van der Waals surface area contributed by atoms with Crippen LogP contribution in [0.15, 0.2) is 35.4 Å². The van der Waals surface area contributed by atoms with Gasteiger partial charge in [-0.25, -0.2) is 13.6 Å². The molecule has 1 atom stereocenters. The van der Waals surface area contributed by atoms with E-state index in [4.69, 9.17) is 5.14 Å². The van der Waals surface area contributed by atoms with Crippen LogP contribution in [0, 0.1) is 0 Å². The summed E-state index contributed by atoms with van der Waals surface area (Å²) in [6.07, 6.45) is 2.28. The topological polar surface area (TPSA) is 96.5 Å². The van der Waals surface area contributed by atoms with Crippen molar-refractivity contribution in [3.8, 4) is 0 Å². The van der Waals surface area contributed by atoms with Gasteiger partial charge in [0.1, 0.15) is 0 Å². The lowest BCUT2D eigenvalue weighted by Crippen LogP contribution is -2.29. The Hall–Kier alpha value is -1.70. The molecule has 1 aliphatic rings. The first-order chi connectivity index (χ1) is 9.78. The molecule has 1 saturated heterocycles. The summed E-state index contributed by atoms with van der Waals surface area (Å²) < 4.78 is 23.4. The van der Waals surface area contributed by atoms with Crippen molar-refractivity contribution in [2.75, 3.05) is 18.0 Å². The van der Waals surface area contributed by atoms with Gasteiger partial charge >= 0.3 is 0 Å². The second kappa shape index (κ2) is 4.66. The van der Waals surface area contributed by atoms with Crippen molar-refractivity contribution in [2.24, 2.45) is 5.14 Å². The summed E-state index contributed by atoms with van der Waals surface area (Å²) >= 11 is 0. The molecule has 3 rings (SSSR count). The molecule has 2 aromatic rings. The molecule has 0 radical (unpaired) electrons. The number of benzene rings is 1. The Balaban J connectivity index is 2.19. The first-order valence-corrected chi connectivity index (χ1v) is 8.20. The number of aliphatic hydroxyl groups is 1. The average Bonchev–Trinajstić information content (AvgIpc) is 2.76. The van der Waals surface area contributed by atoms with Gasteiger partial charge in [0.05, 0.1) is 21.7 Å². The fraction of sp³-hybridized carbons (Fsp3) is 0.357. The lowest BCUT2D eigenvalue weighted by atomic mass is 10.1. The quantitative estimate of drug-likeness (QED) is 0.857. The van der Waals surface area contributed by atoms with Crippen LogP contribution in [0.5, 0.6) is 0 Å². The first-order valence-electron chi connectivity index (χ1n) is 6.66. The molecule has 1 aliphatic heterocycles. The molecule has 1 aromatic heterocycles. The van der Waals surface area contributed by atoms with Crippen LogP contribution in [-0.4, -0.2) is 37.2 Å². The lowest BCUT2D eigenvalue weighted by Gasteiger charge is -2.22. The van der Waals surface area contributed by atoms with E-state index in [9.17, 15) is 13.5 Å². The molecule has 112 valence electrons. The number of rotatable bonds is 2. The van der Waals surface area contributed by atoms with Gasteiger partial charge in [-0.3, -0.25) is 4.98 Å². The molecule has 0 spiro atoms. The molecule has 0 amide bonds. The monoisotopic (exact) mass is 307 g/mol. The molecular formula is C14H17N3O3S. The first kappa shape index (κ1) is 14.2. The molecule has 1 fully saturated rings. The number of fused-ring (bicyclic) bond motifs is 1. The highest BCUT2D eigenvalue weighted by atomic mass is 32.2. The van der Waals surface area contributed by atoms with E-state index < -0.39 is 15.6 Å². The third kappa shape index (κ3) is 2.59.